The van der Waals surface area contributed by atoms with Crippen molar-refractivity contribution in [2.24, 2.45) is 11.8 Å². The Balaban J connectivity index is 2.04. The molecule has 2 N–H and O–H groups in total. The van der Waals surface area contributed by atoms with Crippen LogP contribution in [0.1, 0.15) is 33.1 Å². The van der Waals surface area contributed by atoms with E-state index in [1.165, 1.54) is 12.8 Å². The Hall–Kier alpha value is -0.610. The minimum absolute atomic E-state index is 0.0871. The lowest BCUT2D eigenvalue weighted by molar-refractivity contribution is -0.122. The second-order valence-corrected chi connectivity index (χ2v) is 5.08. The summed E-state index contributed by atoms with van der Waals surface area (Å²) in [5.41, 5.74) is 0. The minimum Gasteiger partial charge on any atom is -0.385 e. The van der Waals surface area contributed by atoms with Crippen molar-refractivity contribution in [2.45, 2.75) is 39.2 Å². The number of rotatable bonds is 9. The van der Waals surface area contributed by atoms with Crippen LogP contribution in [0.15, 0.2) is 0 Å². The number of amides is 1. The zero-order valence-corrected chi connectivity index (χ0v) is 11.3. The summed E-state index contributed by atoms with van der Waals surface area (Å²) in [6, 6.07) is -0.0984. The fourth-order valence-corrected chi connectivity index (χ4v) is 1.87. The van der Waals surface area contributed by atoms with Crippen molar-refractivity contribution in [3.63, 3.8) is 0 Å². The molecule has 0 aromatic heterocycles. The average molecular weight is 242 g/mol. The van der Waals surface area contributed by atoms with Crippen molar-refractivity contribution >= 4 is 5.91 Å². The molecule has 2 atom stereocenters. The Morgan fingerprint density at radius 3 is 2.71 bits per heavy atom. The van der Waals surface area contributed by atoms with Crippen molar-refractivity contribution in [3.8, 4) is 0 Å². The van der Waals surface area contributed by atoms with Crippen molar-refractivity contribution in [3.05, 3.63) is 0 Å². The topological polar surface area (TPSA) is 50.4 Å². The third kappa shape index (κ3) is 6.03. The molecule has 17 heavy (non-hydrogen) atoms. The molecule has 1 aliphatic carbocycles. The first-order valence-corrected chi connectivity index (χ1v) is 6.65. The van der Waals surface area contributed by atoms with Crippen molar-refractivity contribution in [1.82, 2.24) is 10.6 Å². The first kappa shape index (κ1) is 14.5. The molecule has 1 fully saturated rings. The molecule has 1 amide bonds. The van der Waals surface area contributed by atoms with Crippen LogP contribution in [0.4, 0.5) is 0 Å². The molecular formula is C13H26N2O2. The van der Waals surface area contributed by atoms with Crippen LogP contribution in [0.25, 0.3) is 0 Å². The molecule has 2 unspecified atom stereocenters. The van der Waals surface area contributed by atoms with E-state index in [2.05, 4.69) is 17.6 Å². The number of methoxy groups -OCH3 is 1. The van der Waals surface area contributed by atoms with Crippen LogP contribution in [0.5, 0.6) is 0 Å². The van der Waals surface area contributed by atoms with Crippen LogP contribution in [-0.2, 0) is 9.53 Å². The second-order valence-electron chi connectivity index (χ2n) is 5.08. The van der Waals surface area contributed by atoms with E-state index in [9.17, 15) is 4.79 Å². The van der Waals surface area contributed by atoms with Crippen molar-refractivity contribution in [2.75, 3.05) is 26.8 Å². The normalized spacial score (nSPS) is 18.8. The fourth-order valence-electron chi connectivity index (χ4n) is 1.87. The maximum Gasteiger partial charge on any atom is 0.236 e. The Morgan fingerprint density at radius 2 is 2.12 bits per heavy atom. The van der Waals surface area contributed by atoms with E-state index in [1.54, 1.807) is 7.11 Å². The van der Waals surface area contributed by atoms with Crippen LogP contribution >= 0.6 is 0 Å². The maximum absolute atomic E-state index is 11.7. The molecule has 1 rings (SSSR count). The van der Waals surface area contributed by atoms with E-state index in [-0.39, 0.29) is 11.9 Å². The predicted octanol–water partition coefficient (Wildman–Crippen LogP) is 1.16. The zero-order chi connectivity index (χ0) is 12.7. The molecule has 0 heterocycles. The van der Waals surface area contributed by atoms with E-state index in [0.717, 1.165) is 18.9 Å². The predicted molar refractivity (Wildman–Crippen MR) is 68.9 cm³/mol. The van der Waals surface area contributed by atoms with Gasteiger partial charge in [-0.3, -0.25) is 4.79 Å². The molecular weight excluding hydrogens is 216 g/mol. The summed E-state index contributed by atoms with van der Waals surface area (Å²) in [5.74, 6) is 1.67. The van der Waals surface area contributed by atoms with E-state index in [0.29, 0.717) is 19.1 Å². The summed E-state index contributed by atoms with van der Waals surface area (Å²) in [7, 11) is 1.67. The number of hydrogen-bond acceptors (Lipinski definition) is 3. The van der Waals surface area contributed by atoms with Gasteiger partial charge >= 0.3 is 0 Å². The first-order valence-electron chi connectivity index (χ1n) is 6.65. The molecule has 0 bridgehead atoms. The van der Waals surface area contributed by atoms with E-state index < -0.39 is 0 Å². The van der Waals surface area contributed by atoms with Gasteiger partial charge in [0.1, 0.15) is 0 Å². The van der Waals surface area contributed by atoms with Gasteiger partial charge < -0.3 is 15.4 Å². The summed E-state index contributed by atoms with van der Waals surface area (Å²) < 4.78 is 4.93. The van der Waals surface area contributed by atoms with Crippen LogP contribution in [0.3, 0.4) is 0 Å². The molecule has 0 aromatic carbocycles. The Morgan fingerprint density at radius 1 is 1.41 bits per heavy atom. The highest BCUT2D eigenvalue weighted by atomic mass is 16.5. The fraction of sp³-hybridized carbons (Fsp3) is 0.923. The number of hydrogen-bond donors (Lipinski definition) is 2. The Bertz CT molecular complexity index is 229. The summed E-state index contributed by atoms with van der Waals surface area (Å²) >= 11 is 0. The van der Waals surface area contributed by atoms with Gasteiger partial charge in [0.25, 0.3) is 0 Å². The third-order valence-corrected chi connectivity index (χ3v) is 3.39. The lowest BCUT2D eigenvalue weighted by Crippen LogP contribution is -2.44. The summed E-state index contributed by atoms with van der Waals surface area (Å²) in [6.07, 6.45) is 3.59. The van der Waals surface area contributed by atoms with E-state index in [1.807, 2.05) is 6.92 Å². The maximum atomic E-state index is 11.7. The Labute approximate surface area is 104 Å². The zero-order valence-electron chi connectivity index (χ0n) is 11.3. The highest BCUT2D eigenvalue weighted by Crippen LogP contribution is 2.36. The SMILES string of the molecule is COCCCNC(=O)C(C)NCC(C)C1CC1. The summed E-state index contributed by atoms with van der Waals surface area (Å²) in [6.45, 7) is 6.51. The molecule has 4 heteroatoms. The van der Waals surface area contributed by atoms with Gasteiger partial charge in [-0.25, -0.2) is 0 Å². The highest BCUT2D eigenvalue weighted by molar-refractivity contribution is 5.81. The smallest absolute Gasteiger partial charge is 0.236 e. The van der Waals surface area contributed by atoms with Gasteiger partial charge in [-0.1, -0.05) is 6.92 Å². The van der Waals surface area contributed by atoms with Crippen LogP contribution in [0, 0.1) is 11.8 Å². The largest absolute Gasteiger partial charge is 0.385 e. The third-order valence-electron chi connectivity index (χ3n) is 3.39. The van der Waals surface area contributed by atoms with Crippen LogP contribution in [0.2, 0.25) is 0 Å². The van der Waals surface area contributed by atoms with Crippen molar-refractivity contribution in [1.29, 1.82) is 0 Å². The molecule has 4 nitrogen and oxygen atoms in total. The molecule has 0 spiro atoms. The van der Waals surface area contributed by atoms with Gasteiger partial charge in [-0.05, 0) is 44.6 Å². The van der Waals surface area contributed by atoms with Gasteiger partial charge in [0.05, 0.1) is 6.04 Å². The number of carbonyl (C=O) groups excluding carboxylic acids is 1. The molecule has 100 valence electrons. The van der Waals surface area contributed by atoms with E-state index >= 15 is 0 Å². The lowest BCUT2D eigenvalue weighted by Gasteiger charge is -2.17. The van der Waals surface area contributed by atoms with Crippen LogP contribution in [-0.4, -0.2) is 38.8 Å². The molecule has 0 aliphatic heterocycles. The van der Waals surface area contributed by atoms with Gasteiger partial charge in [-0.15, -0.1) is 0 Å². The second kappa shape index (κ2) is 7.67. The van der Waals surface area contributed by atoms with Gasteiger partial charge in [0.15, 0.2) is 0 Å². The van der Waals surface area contributed by atoms with Gasteiger partial charge in [-0.2, -0.15) is 0 Å². The number of nitrogens with one attached hydrogen (secondary N) is 2. The van der Waals surface area contributed by atoms with Crippen LogP contribution < -0.4 is 10.6 Å². The standard InChI is InChI=1S/C13H26N2O2/c1-10(12-5-6-12)9-15-11(2)13(16)14-7-4-8-17-3/h10-12,15H,4-9H2,1-3H3,(H,14,16). The van der Waals surface area contributed by atoms with E-state index in [4.69, 9.17) is 4.74 Å². The lowest BCUT2D eigenvalue weighted by atomic mass is 10.1. The van der Waals surface area contributed by atoms with Crippen molar-refractivity contribution < 1.29 is 9.53 Å². The molecule has 0 radical (unpaired) electrons. The van der Waals surface area contributed by atoms with Gasteiger partial charge in [0.2, 0.25) is 5.91 Å². The molecule has 1 aliphatic rings. The average Bonchev–Trinajstić information content (AvgIpc) is 3.14. The summed E-state index contributed by atoms with van der Waals surface area (Å²) in [5, 5.41) is 6.21. The molecule has 1 saturated carbocycles. The Kier molecular flexibility index (Phi) is 6.52. The monoisotopic (exact) mass is 242 g/mol. The quantitative estimate of drug-likeness (QED) is 0.597. The number of carbonyl (C=O) groups is 1. The first-order chi connectivity index (χ1) is 8.15. The highest BCUT2D eigenvalue weighted by Gasteiger charge is 2.28. The number of ether oxygens (including phenoxy) is 1. The summed E-state index contributed by atoms with van der Waals surface area (Å²) in [4.78, 5) is 11.7. The molecule has 0 saturated heterocycles. The van der Waals surface area contributed by atoms with Gasteiger partial charge in [0, 0.05) is 20.3 Å². The molecule has 0 aromatic rings. The minimum atomic E-state index is -0.0984.